The molecule has 0 spiro atoms. The molecular formula is C21H29N3O2S. The minimum Gasteiger partial charge on any atom is -0.497 e. The molecule has 0 aromatic heterocycles. The number of hydrogen-bond donors (Lipinski definition) is 2. The van der Waals surface area contributed by atoms with Gasteiger partial charge in [0.15, 0.2) is 5.96 Å². The molecular weight excluding hydrogens is 358 g/mol. The van der Waals surface area contributed by atoms with Gasteiger partial charge in [0.25, 0.3) is 0 Å². The summed E-state index contributed by atoms with van der Waals surface area (Å²) < 4.78 is 17.4. The highest BCUT2D eigenvalue weighted by Gasteiger charge is 2.07. The predicted molar refractivity (Wildman–Crippen MR) is 113 cm³/mol. The van der Waals surface area contributed by atoms with Crippen LogP contribution < -0.4 is 15.4 Å². The van der Waals surface area contributed by atoms with Crippen LogP contribution in [0.2, 0.25) is 0 Å². The molecule has 5 nitrogen and oxygen atoms in total. The van der Waals surface area contributed by atoms with Crippen LogP contribution in [-0.4, -0.2) is 43.2 Å². The highest BCUT2D eigenvalue weighted by molar-refractivity contribution is 7.85. The van der Waals surface area contributed by atoms with Gasteiger partial charge in [0, 0.05) is 30.8 Å². The fourth-order valence-corrected chi connectivity index (χ4v) is 3.66. The molecule has 2 atom stereocenters. The fraction of sp³-hybridized carbons (Fsp3) is 0.381. The van der Waals surface area contributed by atoms with E-state index in [1.807, 2.05) is 42.5 Å². The van der Waals surface area contributed by atoms with Crippen LogP contribution in [-0.2, 0) is 10.8 Å². The van der Waals surface area contributed by atoms with Gasteiger partial charge < -0.3 is 15.4 Å². The van der Waals surface area contributed by atoms with Gasteiger partial charge >= 0.3 is 0 Å². The summed E-state index contributed by atoms with van der Waals surface area (Å²) in [4.78, 5) is 5.09. The number of nitrogens with one attached hydrogen (secondary N) is 2. The summed E-state index contributed by atoms with van der Waals surface area (Å²) in [6, 6.07) is 17.7. The van der Waals surface area contributed by atoms with E-state index in [9.17, 15) is 4.21 Å². The zero-order valence-electron chi connectivity index (χ0n) is 16.3. The van der Waals surface area contributed by atoms with Gasteiger partial charge in [-0.2, -0.15) is 0 Å². The largest absolute Gasteiger partial charge is 0.497 e. The molecule has 0 radical (unpaired) electrons. The van der Waals surface area contributed by atoms with Crippen molar-refractivity contribution in [3.8, 4) is 5.75 Å². The van der Waals surface area contributed by atoms with E-state index >= 15 is 0 Å². The van der Waals surface area contributed by atoms with Crippen LogP contribution in [0.1, 0.15) is 24.8 Å². The summed E-state index contributed by atoms with van der Waals surface area (Å²) in [5.41, 5.74) is 1.29. The van der Waals surface area contributed by atoms with Crippen LogP contribution in [0.3, 0.4) is 0 Å². The first-order valence-corrected chi connectivity index (χ1v) is 10.5. The van der Waals surface area contributed by atoms with E-state index < -0.39 is 10.8 Å². The average molecular weight is 388 g/mol. The predicted octanol–water partition coefficient (Wildman–Crippen LogP) is 3.16. The maximum Gasteiger partial charge on any atom is 0.191 e. The second-order valence-corrected chi connectivity index (χ2v) is 7.82. The maximum atomic E-state index is 12.2. The van der Waals surface area contributed by atoms with Crippen molar-refractivity contribution < 1.29 is 8.95 Å². The first-order chi connectivity index (χ1) is 13.1. The number of ether oxygens (including phenoxy) is 1. The minimum absolute atomic E-state index is 0.437. The van der Waals surface area contributed by atoms with Crippen LogP contribution in [0.25, 0.3) is 0 Å². The molecule has 27 heavy (non-hydrogen) atoms. The van der Waals surface area contributed by atoms with Crippen LogP contribution in [0.4, 0.5) is 0 Å². The smallest absolute Gasteiger partial charge is 0.191 e. The summed E-state index contributed by atoms with van der Waals surface area (Å²) in [6.45, 7) is 3.63. The van der Waals surface area contributed by atoms with Crippen molar-refractivity contribution in [1.29, 1.82) is 0 Å². The van der Waals surface area contributed by atoms with Gasteiger partial charge in [0.05, 0.1) is 17.9 Å². The molecule has 0 saturated heterocycles. The van der Waals surface area contributed by atoms with Gasteiger partial charge in [-0.15, -0.1) is 0 Å². The Bertz CT molecular complexity index is 733. The van der Waals surface area contributed by atoms with Gasteiger partial charge in [-0.1, -0.05) is 37.3 Å². The molecule has 0 heterocycles. The minimum atomic E-state index is -0.998. The lowest BCUT2D eigenvalue weighted by molar-refractivity contribution is 0.414. The highest BCUT2D eigenvalue weighted by atomic mass is 32.2. The van der Waals surface area contributed by atoms with Crippen LogP contribution in [0, 0.1) is 0 Å². The molecule has 6 heteroatoms. The second-order valence-electron chi connectivity index (χ2n) is 6.25. The van der Waals surface area contributed by atoms with Crippen LogP contribution >= 0.6 is 0 Å². The van der Waals surface area contributed by atoms with Gasteiger partial charge in [0.2, 0.25) is 0 Å². The lowest BCUT2D eigenvalue weighted by Gasteiger charge is -2.15. The van der Waals surface area contributed by atoms with Crippen LogP contribution in [0.5, 0.6) is 5.75 Å². The maximum absolute atomic E-state index is 12.2. The molecule has 2 unspecified atom stereocenters. The number of methoxy groups -OCH3 is 1. The lowest BCUT2D eigenvalue weighted by Crippen LogP contribution is -2.39. The molecule has 0 fully saturated rings. The first-order valence-electron chi connectivity index (χ1n) is 9.16. The number of rotatable bonds is 9. The third kappa shape index (κ3) is 7.06. The SMILES string of the molecule is CN=C(NCCC(C)c1ccc(OC)cc1)NCCS(=O)c1ccccc1. The van der Waals surface area contributed by atoms with E-state index in [0.29, 0.717) is 18.2 Å². The molecule has 0 saturated carbocycles. The Morgan fingerprint density at radius 3 is 2.37 bits per heavy atom. The molecule has 2 aromatic rings. The Balaban J connectivity index is 1.69. The van der Waals surface area contributed by atoms with Crippen LogP contribution in [0.15, 0.2) is 64.5 Å². The summed E-state index contributed by atoms with van der Waals surface area (Å²) in [6.07, 6.45) is 0.989. The van der Waals surface area contributed by atoms with E-state index in [1.54, 1.807) is 14.2 Å². The van der Waals surface area contributed by atoms with Gasteiger partial charge in [0.1, 0.15) is 5.75 Å². The molecule has 2 aromatic carbocycles. The standard InChI is InChI=1S/C21H29N3O2S/c1-17(18-9-11-19(26-3)12-10-18)13-14-23-21(22-2)24-15-16-27(25)20-7-5-4-6-8-20/h4-12,17H,13-16H2,1-3H3,(H2,22,23,24). The molecule has 0 amide bonds. The molecule has 0 bridgehead atoms. The van der Waals surface area contributed by atoms with E-state index in [4.69, 9.17) is 4.74 Å². The van der Waals surface area contributed by atoms with E-state index in [1.165, 1.54) is 5.56 Å². The Morgan fingerprint density at radius 1 is 1.07 bits per heavy atom. The normalized spacial score (nSPS) is 13.7. The summed E-state index contributed by atoms with van der Waals surface area (Å²) in [7, 11) is 2.43. The number of aliphatic imine (C=N–C) groups is 1. The zero-order chi connectivity index (χ0) is 19.5. The van der Waals surface area contributed by atoms with E-state index in [0.717, 1.165) is 29.6 Å². The van der Waals surface area contributed by atoms with E-state index in [2.05, 4.69) is 34.7 Å². The average Bonchev–Trinajstić information content (AvgIpc) is 2.73. The van der Waals surface area contributed by atoms with Crippen molar-refractivity contribution in [2.45, 2.75) is 24.2 Å². The first kappa shape index (κ1) is 21.0. The van der Waals surface area contributed by atoms with E-state index in [-0.39, 0.29) is 0 Å². The second kappa shape index (κ2) is 11.4. The zero-order valence-corrected chi connectivity index (χ0v) is 17.1. The number of benzene rings is 2. The number of nitrogens with zero attached hydrogens (tertiary/aromatic N) is 1. The summed E-state index contributed by atoms with van der Waals surface area (Å²) in [5.74, 6) is 2.60. The molecule has 146 valence electrons. The Morgan fingerprint density at radius 2 is 1.74 bits per heavy atom. The Hall–Kier alpha value is -2.34. The quantitative estimate of drug-likeness (QED) is 0.512. The van der Waals surface area contributed by atoms with Crippen molar-refractivity contribution in [3.05, 3.63) is 60.2 Å². The number of hydrogen-bond acceptors (Lipinski definition) is 3. The van der Waals surface area contributed by atoms with Crippen molar-refractivity contribution in [1.82, 2.24) is 10.6 Å². The molecule has 0 aliphatic heterocycles. The van der Waals surface area contributed by atoms with Gasteiger partial charge in [-0.25, -0.2) is 0 Å². The van der Waals surface area contributed by atoms with Crippen molar-refractivity contribution in [3.63, 3.8) is 0 Å². The monoisotopic (exact) mass is 387 g/mol. The molecule has 0 aliphatic rings. The Labute approximate surface area is 164 Å². The lowest BCUT2D eigenvalue weighted by atomic mass is 9.98. The van der Waals surface area contributed by atoms with Gasteiger partial charge in [-0.3, -0.25) is 9.20 Å². The van der Waals surface area contributed by atoms with Crippen molar-refractivity contribution >= 4 is 16.8 Å². The summed E-state index contributed by atoms with van der Waals surface area (Å²) >= 11 is 0. The Kier molecular flexibility index (Phi) is 8.84. The fourth-order valence-electron chi connectivity index (χ4n) is 2.68. The molecule has 0 aliphatic carbocycles. The third-order valence-electron chi connectivity index (χ3n) is 4.36. The highest BCUT2D eigenvalue weighted by Crippen LogP contribution is 2.21. The molecule has 2 rings (SSSR count). The third-order valence-corrected chi connectivity index (χ3v) is 5.74. The molecule has 2 N–H and O–H groups in total. The number of guanidine groups is 1. The summed E-state index contributed by atoms with van der Waals surface area (Å²) in [5, 5.41) is 6.55. The van der Waals surface area contributed by atoms with Crippen molar-refractivity contribution in [2.75, 3.05) is 33.0 Å². The van der Waals surface area contributed by atoms with Crippen molar-refractivity contribution in [2.24, 2.45) is 4.99 Å². The van der Waals surface area contributed by atoms with Gasteiger partial charge in [-0.05, 0) is 42.2 Å². The topological polar surface area (TPSA) is 62.7 Å².